The van der Waals surface area contributed by atoms with Crippen molar-refractivity contribution in [2.75, 3.05) is 20.1 Å². The molecule has 0 radical (unpaired) electrons. The lowest BCUT2D eigenvalue weighted by Gasteiger charge is -2.36. The molecule has 1 fully saturated rings. The van der Waals surface area contributed by atoms with E-state index in [0.29, 0.717) is 11.7 Å². The summed E-state index contributed by atoms with van der Waals surface area (Å²) in [4.78, 5) is 2.47. The van der Waals surface area contributed by atoms with Gasteiger partial charge in [-0.05, 0) is 67.4 Å². The summed E-state index contributed by atoms with van der Waals surface area (Å²) in [5.74, 6) is 2.59. The minimum Gasteiger partial charge on any atom is -0.508 e. The number of fused-ring (bicyclic) bond motifs is 4. The number of hydrogen-bond donors (Lipinski definition) is 1. The van der Waals surface area contributed by atoms with E-state index in [0.717, 1.165) is 11.8 Å². The Morgan fingerprint density at radius 3 is 3.00 bits per heavy atom. The van der Waals surface area contributed by atoms with Gasteiger partial charge in [0.2, 0.25) is 0 Å². The zero-order chi connectivity index (χ0) is 12.0. The third-order valence-corrected chi connectivity index (χ3v) is 4.76. The van der Waals surface area contributed by atoms with Crippen molar-refractivity contribution in [3.63, 3.8) is 0 Å². The maximum absolute atomic E-state index is 9.68. The van der Waals surface area contributed by atoms with E-state index in [1.807, 2.05) is 12.1 Å². The summed E-state index contributed by atoms with van der Waals surface area (Å²) in [6.07, 6.45) is 2.40. The highest BCUT2D eigenvalue weighted by atomic mass is 16.3. The van der Waals surface area contributed by atoms with Gasteiger partial charge in [0.05, 0.1) is 0 Å². The molecule has 0 saturated carbocycles. The number of likely N-dealkylation sites (tertiary alicyclic amines) is 1. The van der Waals surface area contributed by atoms with Gasteiger partial charge < -0.3 is 10.0 Å². The van der Waals surface area contributed by atoms with Gasteiger partial charge in [0.1, 0.15) is 5.75 Å². The van der Waals surface area contributed by atoms with Crippen molar-refractivity contribution in [3.05, 3.63) is 29.3 Å². The Bertz CT molecular complexity index is 429. The first-order valence-electron chi connectivity index (χ1n) is 6.65. The van der Waals surface area contributed by atoms with Crippen LogP contribution in [0.2, 0.25) is 0 Å². The average molecular weight is 231 g/mol. The standard InChI is InChI=1S/C15H21NO/c1-10-12-7-11-3-4-13(17)8-15(11)14(10)5-6-16(2)9-12/h3-4,8,10,12,14,17H,5-7,9H2,1-2H3. The van der Waals surface area contributed by atoms with Crippen molar-refractivity contribution >= 4 is 0 Å². The molecule has 92 valence electrons. The van der Waals surface area contributed by atoms with Crippen LogP contribution in [0.15, 0.2) is 18.2 Å². The van der Waals surface area contributed by atoms with Crippen LogP contribution in [0.1, 0.15) is 30.4 Å². The van der Waals surface area contributed by atoms with Gasteiger partial charge >= 0.3 is 0 Å². The smallest absolute Gasteiger partial charge is 0.115 e. The van der Waals surface area contributed by atoms with Crippen molar-refractivity contribution in [1.29, 1.82) is 0 Å². The summed E-state index contributed by atoms with van der Waals surface area (Å²) in [5.41, 5.74) is 2.87. The van der Waals surface area contributed by atoms with Crippen LogP contribution in [0, 0.1) is 11.8 Å². The molecule has 0 aromatic heterocycles. The minimum atomic E-state index is 0.423. The number of phenols is 1. The number of rotatable bonds is 0. The molecule has 1 N–H and O–H groups in total. The number of hydrogen-bond acceptors (Lipinski definition) is 2. The van der Waals surface area contributed by atoms with Crippen LogP contribution in [-0.2, 0) is 6.42 Å². The van der Waals surface area contributed by atoms with Gasteiger partial charge in [-0.1, -0.05) is 13.0 Å². The van der Waals surface area contributed by atoms with Gasteiger partial charge in [-0.25, -0.2) is 0 Å². The maximum atomic E-state index is 9.68. The largest absolute Gasteiger partial charge is 0.508 e. The second-order valence-corrected chi connectivity index (χ2v) is 5.86. The highest BCUT2D eigenvalue weighted by molar-refractivity contribution is 5.40. The Morgan fingerprint density at radius 1 is 1.35 bits per heavy atom. The fourth-order valence-electron chi connectivity index (χ4n) is 3.69. The van der Waals surface area contributed by atoms with Crippen LogP contribution >= 0.6 is 0 Å². The molecule has 3 atom stereocenters. The zero-order valence-electron chi connectivity index (χ0n) is 10.7. The van der Waals surface area contributed by atoms with Crippen molar-refractivity contribution in [2.24, 2.45) is 11.8 Å². The molecule has 2 nitrogen and oxygen atoms in total. The van der Waals surface area contributed by atoms with Crippen LogP contribution in [-0.4, -0.2) is 30.1 Å². The molecule has 3 rings (SSSR count). The first kappa shape index (κ1) is 11.1. The third-order valence-electron chi connectivity index (χ3n) is 4.76. The molecule has 1 saturated heterocycles. The van der Waals surface area contributed by atoms with E-state index in [4.69, 9.17) is 0 Å². The molecule has 1 aliphatic carbocycles. The topological polar surface area (TPSA) is 23.5 Å². The van der Waals surface area contributed by atoms with Crippen LogP contribution in [0.4, 0.5) is 0 Å². The lowest BCUT2D eigenvalue weighted by molar-refractivity contribution is 0.247. The van der Waals surface area contributed by atoms with Gasteiger partial charge in [-0.15, -0.1) is 0 Å². The lowest BCUT2D eigenvalue weighted by Crippen LogP contribution is -2.31. The molecule has 1 aromatic rings. The van der Waals surface area contributed by atoms with E-state index in [9.17, 15) is 5.11 Å². The maximum Gasteiger partial charge on any atom is 0.115 e. The predicted molar refractivity (Wildman–Crippen MR) is 69.3 cm³/mol. The third kappa shape index (κ3) is 1.85. The Kier molecular flexibility index (Phi) is 2.62. The summed E-state index contributed by atoms with van der Waals surface area (Å²) < 4.78 is 0. The summed E-state index contributed by atoms with van der Waals surface area (Å²) in [5, 5.41) is 9.68. The predicted octanol–water partition coefficient (Wildman–Crippen LogP) is 2.62. The van der Waals surface area contributed by atoms with E-state index < -0.39 is 0 Å². The summed E-state index contributed by atoms with van der Waals surface area (Å²) in [7, 11) is 2.23. The summed E-state index contributed by atoms with van der Waals surface area (Å²) in [6.45, 7) is 4.79. The molecule has 0 amide bonds. The van der Waals surface area contributed by atoms with Crippen molar-refractivity contribution in [1.82, 2.24) is 4.90 Å². The molecule has 17 heavy (non-hydrogen) atoms. The zero-order valence-corrected chi connectivity index (χ0v) is 10.7. The average Bonchev–Trinajstić information content (AvgIpc) is 2.39. The number of phenolic OH excluding ortho intramolecular Hbond substituents is 1. The second kappa shape index (κ2) is 4.02. The molecule has 1 aromatic carbocycles. The van der Waals surface area contributed by atoms with Gasteiger partial charge in [0.25, 0.3) is 0 Å². The molecule has 2 heteroatoms. The van der Waals surface area contributed by atoms with Crippen molar-refractivity contribution < 1.29 is 5.11 Å². The molecular formula is C15H21NO. The number of nitrogens with zero attached hydrogens (tertiary/aromatic N) is 1. The Labute approximate surface area is 103 Å². The minimum absolute atomic E-state index is 0.423. The summed E-state index contributed by atoms with van der Waals surface area (Å²) >= 11 is 0. The van der Waals surface area contributed by atoms with E-state index >= 15 is 0 Å². The second-order valence-electron chi connectivity index (χ2n) is 5.86. The fourth-order valence-corrected chi connectivity index (χ4v) is 3.69. The highest BCUT2D eigenvalue weighted by Crippen LogP contribution is 2.44. The number of aromatic hydroxyl groups is 1. The Balaban J connectivity index is 2.04. The lowest BCUT2D eigenvalue weighted by atomic mass is 9.69. The van der Waals surface area contributed by atoms with E-state index in [1.165, 1.54) is 37.1 Å². The van der Waals surface area contributed by atoms with Crippen LogP contribution in [0.3, 0.4) is 0 Å². The number of benzene rings is 1. The van der Waals surface area contributed by atoms with E-state index in [-0.39, 0.29) is 0 Å². The molecule has 1 heterocycles. The quantitative estimate of drug-likeness (QED) is 0.742. The van der Waals surface area contributed by atoms with Crippen molar-refractivity contribution in [2.45, 2.75) is 25.7 Å². The monoisotopic (exact) mass is 231 g/mol. The van der Waals surface area contributed by atoms with Crippen LogP contribution < -0.4 is 0 Å². The normalized spacial score (nSPS) is 32.9. The molecule has 1 aliphatic heterocycles. The molecule has 2 bridgehead atoms. The van der Waals surface area contributed by atoms with Gasteiger partial charge in [-0.2, -0.15) is 0 Å². The molecule has 0 spiro atoms. The van der Waals surface area contributed by atoms with Gasteiger partial charge in [0, 0.05) is 6.54 Å². The highest BCUT2D eigenvalue weighted by Gasteiger charge is 2.36. The Hall–Kier alpha value is -1.02. The van der Waals surface area contributed by atoms with E-state index in [1.54, 1.807) is 0 Å². The molecule has 2 aliphatic rings. The molecular weight excluding hydrogens is 210 g/mol. The molecule has 3 unspecified atom stereocenters. The van der Waals surface area contributed by atoms with E-state index in [2.05, 4.69) is 24.9 Å². The van der Waals surface area contributed by atoms with Crippen LogP contribution in [0.5, 0.6) is 5.75 Å². The first-order valence-corrected chi connectivity index (χ1v) is 6.65. The summed E-state index contributed by atoms with van der Waals surface area (Å²) in [6, 6.07) is 5.96. The fraction of sp³-hybridized carbons (Fsp3) is 0.600. The van der Waals surface area contributed by atoms with Crippen LogP contribution in [0.25, 0.3) is 0 Å². The van der Waals surface area contributed by atoms with Gasteiger partial charge in [0.15, 0.2) is 0 Å². The van der Waals surface area contributed by atoms with Crippen molar-refractivity contribution in [3.8, 4) is 5.75 Å². The first-order chi connectivity index (χ1) is 8.15. The Morgan fingerprint density at radius 2 is 2.18 bits per heavy atom. The SMILES string of the molecule is CC1C2Cc3ccc(O)cc3C1CCN(C)C2. The van der Waals surface area contributed by atoms with Gasteiger partial charge in [-0.3, -0.25) is 0 Å².